The van der Waals surface area contributed by atoms with Crippen LogP contribution in [0.1, 0.15) is 30.2 Å². The second-order valence-corrected chi connectivity index (χ2v) is 7.05. The standard InChI is InChI=1S/C18H22N4OS/c1-12-4-5-16(13(2)8-12)21-17(23)9-14(3)19-10-15-11-22-6-7-24-18(22)20-15/h4-8,11,14,19H,9-10H2,1-3H3,(H,21,23). The summed E-state index contributed by atoms with van der Waals surface area (Å²) in [5.74, 6) is 0.0211. The van der Waals surface area contributed by atoms with Gasteiger partial charge >= 0.3 is 0 Å². The molecule has 0 saturated carbocycles. The van der Waals surface area contributed by atoms with E-state index in [1.165, 1.54) is 5.56 Å². The predicted molar refractivity (Wildman–Crippen MR) is 98.5 cm³/mol. The van der Waals surface area contributed by atoms with Crippen molar-refractivity contribution in [2.45, 2.75) is 39.8 Å². The van der Waals surface area contributed by atoms with Crippen LogP contribution in [0, 0.1) is 13.8 Å². The van der Waals surface area contributed by atoms with Gasteiger partial charge in [0.2, 0.25) is 5.91 Å². The fourth-order valence-electron chi connectivity index (χ4n) is 2.65. The van der Waals surface area contributed by atoms with Crippen LogP contribution in [0.25, 0.3) is 4.96 Å². The average molecular weight is 342 g/mol. The van der Waals surface area contributed by atoms with E-state index in [0.29, 0.717) is 13.0 Å². The first-order chi connectivity index (χ1) is 11.5. The first-order valence-corrected chi connectivity index (χ1v) is 8.91. The van der Waals surface area contributed by atoms with E-state index < -0.39 is 0 Å². The molecule has 2 heterocycles. The topological polar surface area (TPSA) is 58.4 Å². The summed E-state index contributed by atoms with van der Waals surface area (Å²) in [7, 11) is 0. The Balaban J connectivity index is 1.49. The molecule has 0 radical (unpaired) electrons. The summed E-state index contributed by atoms with van der Waals surface area (Å²) in [5.41, 5.74) is 4.15. The minimum atomic E-state index is 0.0211. The first kappa shape index (κ1) is 16.7. The molecule has 126 valence electrons. The first-order valence-electron chi connectivity index (χ1n) is 8.03. The Morgan fingerprint density at radius 2 is 2.21 bits per heavy atom. The van der Waals surface area contributed by atoms with E-state index in [2.05, 4.69) is 21.7 Å². The van der Waals surface area contributed by atoms with E-state index in [1.807, 2.05) is 55.1 Å². The maximum absolute atomic E-state index is 12.2. The lowest BCUT2D eigenvalue weighted by atomic mass is 10.1. The molecule has 0 spiro atoms. The van der Waals surface area contributed by atoms with Gasteiger partial charge < -0.3 is 10.6 Å². The van der Waals surface area contributed by atoms with Gasteiger partial charge in [-0.15, -0.1) is 11.3 Å². The number of hydrogen-bond donors (Lipinski definition) is 2. The highest BCUT2D eigenvalue weighted by atomic mass is 32.1. The minimum Gasteiger partial charge on any atom is -0.326 e. The number of anilines is 1. The highest BCUT2D eigenvalue weighted by molar-refractivity contribution is 7.15. The van der Waals surface area contributed by atoms with Crippen molar-refractivity contribution in [1.82, 2.24) is 14.7 Å². The highest BCUT2D eigenvalue weighted by Crippen LogP contribution is 2.16. The molecule has 3 aromatic rings. The molecule has 5 nitrogen and oxygen atoms in total. The Morgan fingerprint density at radius 1 is 1.38 bits per heavy atom. The number of rotatable bonds is 6. The Morgan fingerprint density at radius 3 is 2.96 bits per heavy atom. The monoisotopic (exact) mass is 342 g/mol. The van der Waals surface area contributed by atoms with Crippen LogP contribution in [-0.2, 0) is 11.3 Å². The number of carbonyl (C=O) groups excluding carboxylic acids is 1. The van der Waals surface area contributed by atoms with Gasteiger partial charge in [0, 0.05) is 42.5 Å². The van der Waals surface area contributed by atoms with Crippen LogP contribution in [0.4, 0.5) is 5.69 Å². The molecule has 24 heavy (non-hydrogen) atoms. The van der Waals surface area contributed by atoms with Gasteiger partial charge in [-0.2, -0.15) is 0 Å². The number of hydrogen-bond acceptors (Lipinski definition) is 4. The third-order valence-corrected chi connectivity index (χ3v) is 4.69. The highest BCUT2D eigenvalue weighted by Gasteiger charge is 2.11. The summed E-state index contributed by atoms with van der Waals surface area (Å²) < 4.78 is 2.01. The smallest absolute Gasteiger partial charge is 0.225 e. The summed E-state index contributed by atoms with van der Waals surface area (Å²) >= 11 is 1.62. The molecule has 0 fully saturated rings. The molecule has 6 heteroatoms. The van der Waals surface area contributed by atoms with Gasteiger partial charge in [0.1, 0.15) is 0 Å². The fourth-order valence-corrected chi connectivity index (χ4v) is 3.36. The predicted octanol–water partition coefficient (Wildman–Crippen LogP) is 3.52. The van der Waals surface area contributed by atoms with E-state index >= 15 is 0 Å². The molecule has 1 atom stereocenters. The summed E-state index contributed by atoms with van der Waals surface area (Å²) in [6.45, 7) is 6.73. The number of nitrogens with one attached hydrogen (secondary N) is 2. The van der Waals surface area contributed by atoms with Crippen molar-refractivity contribution in [2.75, 3.05) is 5.32 Å². The number of benzene rings is 1. The lowest BCUT2D eigenvalue weighted by Gasteiger charge is -2.14. The van der Waals surface area contributed by atoms with Crippen LogP contribution in [0.15, 0.2) is 36.0 Å². The molecule has 0 bridgehead atoms. The summed E-state index contributed by atoms with van der Waals surface area (Å²) in [5, 5.41) is 8.36. The SMILES string of the molecule is Cc1ccc(NC(=O)CC(C)NCc2cn3ccsc3n2)c(C)c1. The van der Waals surface area contributed by atoms with E-state index in [-0.39, 0.29) is 11.9 Å². The van der Waals surface area contributed by atoms with E-state index in [4.69, 9.17) is 0 Å². The molecule has 0 aliphatic rings. The fraction of sp³-hybridized carbons (Fsp3) is 0.333. The number of aromatic nitrogens is 2. The van der Waals surface area contributed by atoms with Crippen molar-refractivity contribution < 1.29 is 4.79 Å². The van der Waals surface area contributed by atoms with Gasteiger partial charge in [-0.3, -0.25) is 9.20 Å². The Bertz CT molecular complexity index is 823. The maximum atomic E-state index is 12.2. The van der Waals surface area contributed by atoms with Gasteiger partial charge in [-0.05, 0) is 32.4 Å². The average Bonchev–Trinajstić information content (AvgIpc) is 3.09. The van der Waals surface area contributed by atoms with Crippen molar-refractivity contribution in [3.8, 4) is 0 Å². The second kappa shape index (κ2) is 7.15. The number of carbonyl (C=O) groups is 1. The van der Waals surface area contributed by atoms with Crippen molar-refractivity contribution in [3.63, 3.8) is 0 Å². The zero-order valence-corrected chi connectivity index (χ0v) is 15.0. The van der Waals surface area contributed by atoms with Gasteiger partial charge in [0.15, 0.2) is 4.96 Å². The molecule has 0 aliphatic carbocycles. The molecule has 1 amide bonds. The number of thiazole rings is 1. The second-order valence-electron chi connectivity index (χ2n) is 6.18. The molecule has 1 unspecified atom stereocenters. The number of imidazole rings is 1. The molecular weight excluding hydrogens is 320 g/mol. The maximum Gasteiger partial charge on any atom is 0.225 e. The number of aryl methyl sites for hydroxylation is 2. The van der Waals surface area contributed by atoms with Crippen molar-refractivity contribution in [1.29, 1.82) is 0 Å². The van der Waals surface area contributed by atoms with Crippen LogP contribution in [-0.4, -0.2) is 21.3 Å². The number of nitrogens with zero attached hydrogens (tertiary/aromatic N) is 2. The summed E-state index contributed by atoms with van der Waals surface area (Å²) in [4.78, 5) is 17.7. The van der Waals surface area contributed by atoms with Gasteiger partial charge in [-0.25, -0.2) is 4.98 Å². The van der Waals surface area contributed by atoms with Gasteiger partial charge in [0.25, 0.3) is 0 Å². The van der Waals surface area contributed by atoms with Crippen LogP contribution in [0.2, 0.25) is 0 Å². The zero-order valence-electron chi connectivity index (χ0n) is 14.2. The Hall–Kier alpha value is -2.18. The molecule has 1 aromatic carbocycles. The van der Waals surface area contributed by atoms with E-state index in [9.17, 15) is 4.79 Å². The zero-order chi connectivity index (χ0) is 17.1. The molecule has 0 aliphatic heterocycles. The summed E-state index contributed by atoms with van der Waals surface area (Å²) in [6, 6.07) is 6.12. The summed E-state index contributed by atoms with van der Waals surface area (Å²) in [6.07, 6.45) is 4.44. The Labute approximate surface area is 145 Å². The number of fused-ring (bicyclic) bond motifs is 1. The van der Waals surface area contributed by atoms with Gasteiger partial charge in [0.05, 0.1) is 5.69 Å². The third-order valence-electron chi connectivity index (χ3n) is 3.92. The largest absolute Gasteiger partial charge is 0.326 e. The third kappa shape index (κ3) is 4.01. The lowest BCUT2D eigenvalue weighted by molar-refractivity contribution is -0.116. The molecule has 3 rings (SSSR count). The number of amides is 1. The van der Waals surface area contributed by atoms with E-state index in [1.54, 1.807) is 11.3 Å². The van der Waals surface area contributed by atoms with Crippen LogP contribution >= 0.6 is 11.3 Å². The molecule has 2 N–H and O–H groups in total. The van der Waals surface area contributed by atoms with Crippen molar-refractivity contribution in [2.24, 2.45) is 0 Å². The van der Waals surface area contributed by atoms with Crippen molar-refractivity contribution >= 4 is 27.9 Å². The van der Waals surface area contributed by atoms with Crippen molar-refractivity contribution in [3.05, 3.63) is 52.8 Å². The van der Waals surface area contributed by atoms with Gasteiger partial charge in [-0.1, -0.05) is 17.7 Å². The lowest BCUT2D eigenvalue weighted by Crippen LogP contribution is -2.30. The molecular formula is C18H22N4OS. The van der Waals surface area contributed by atoms with Crippen LogP contribution in [0.5, 0.6) is 0 Å². The van der Waals surface area contributed by atoms with Crippen LogP contribution < -0.4 is 10.6 Å². The van der Waals surface area contributed by atoms with Crippen LogP contribution in [0.3, 0.4) is 0 Å². The quantitative estimate of drug-likeness (QED) is 0.720. The molecule has 2 aromatic heterocycles. The molecule has 0 saturated heterocycles. The normalized spacial score (nSPS) is 12.5. The Kier molecular flexibility index (Phi) is 4.97. The minimum absolute atomic E-state index is 0.0211. The van der Waals surface area contributed by atoms with E-state index in [0.717, 1.165) is 21.9 Å².